The van der Waals surface area contributed by atoms with Gasteiger partial charge < -0.3 is 10.6 Å². The van der Waals surface area contributed by atoms with Crippen LogP contribution in [0.25, 0.3) is 0 Å². The summed E-state index contributed by atoms with van der Waals surface area (Å²) in [6.45, 7) is 15.0. The summed E-state index contributed by atoms with van der Waals surface area (Å²) >= 11 is 0. The van der Waals surface area contributed by atoms with Gasteiger partial charge in [0, 0.05) is 40.9 Å². The Morgan fingerprint density at radius 1 is 1.18 bits per heavy atom. The van der Waals surface area contributed by atoms with Crippen molar-refractivity contribution in [2.24, 2.45) is 10.9 Å². The SMILES string of the molecule is CCNC(=NCCCCC(C)C)NCCS(=O)C(C)(C)C.I. The number of unbranched alkanes of at least 4 members (excludes halogenated alkanes) is 1. The molecule has 0 spiro atoms. The van der Waals surface area contributed by atoms with Gasteiger partial charge in [-0.05, 0) is 40.0 Å². The lowest BCUT2D eigenvalue weighted by Gasteiger charge is -2.18. The van der Waals surface area contributed by atoms with Gasteiger partial charge in [-0.3, -0.25) is 9.20 Å². The van der Waals surface area contributed by atoms with Gasteiger partial charge in [-0.1, -0.05) is 26.7 Å². The van der Waals surface area contributed by atoms with Crippen molar-refractivity contribution in [1.82, 2.24) is 10.6 Å². The number of rotatable bonds is 9. The maximum Gasteiger partial charge on any atom is 0.191 e. The van der Waals surface area contributed by atoms with Gasteiger partial charge in [0.05, 0.1) is 0 Å². The second kappa shape index (κ2) is 13.6. The molecule has 0 aromatic heterocycles. The van der Waals surface area contributed by atoms with Crippen molar-refractivity contribution < 1.29 is 4.21 Å². The molecule has 0 rings (SSSR count). The molecule has 134 valence electrons. The molecule has 6 heteroatoms. The Kier molecular flexibility index (Phi) is 15.1. The predicted molar refractivity (Wildman–Crippen MR) is 111 cm³/mol. The van der Waals surface area contributed by atoms with E-state index in [9.17, 15) is 4.21 Å². The van der Waals surface area contributed by atoms with Gasteiger partial charge in [0.15, 0.2) is 5.96 Å². The Morgan fingerprint density at radius 3 is 2.32 bits per heavy atom. The van der Waals surface area contributed by atoms with Crippen molar-refractivity contribution in [3.63, 3.8) is 0 Å². The Hall–Kier alpha value is 0.150. The van der Waals surface area contributed by atoms with Crippen molar-refractivity contribution in [2.45, 2.75) is 65.6 Å². The summed E-state index contributed by atoms with van der Waals surface area (Å²) in [6, 6.07) is 0. The van der Waals surface area contributed by atoms with Gasteiger partial charge in [0.2, 0.25) is 0 Å². The Bertz CT molecular complexity index is 328. The molecule has 0 fully saturated rings. The van der Waals surface area contributed by atoms with E-state index in [1.54, 1.807) is 0 Å². The summed E-state index contributed by atoms with van der Waals surface area (Å²) in [7, 11) is -0.817. The molecule has 0 bridgehead atoms. The highest BCUT2D eigenvalue weighted by molar-refractivity contribution is 14.0. The van der Waals surface area contributed by atoms with Crippen molar-refractivity contribution in [3.8, 4) is 0 Å². The molecule has 0 aliphatic carbocycles. The van der Waals surface area contributed by atoms with Crippen LogP contribution in [0.1, 0.15) is 60.8 Å². The van der Waals surface area contributed by atoms with Crippen LogP contribution in [0.5, 0.6) is 0 Å². The number of nitrogens with one attached hydrogen (secondary N) is 2. The van der Waals surface area contributed by atoms with Crippen molar-refractivity contribution in [2.75, 3.05) is 25.4 Å². The number of guanidine groups is 1. The lowest BCUT2D eigenvalue weighted by molar-refractivity contribution is 0.541. The maximum absolute atomic E-state index is 12.0. The first kappa shape index (κ1) is 24.4. The lowest BCUT2D eigenvalue weighted by Crippen LogP contribution is -2.40. The molecule has 1 unspecified atom stereocenters. The quantitative estimate of drug-likeness (QED) is 0.247. The Labute approximate surface area is 157 Å². The van der Waals surface area contributed by atoms with Crippen LogP contribution < -0.4 is 10.6 Å². The van der Waals surface area contributed by atoms with E-state index in [2.05, 4.69) is 36.4 Å². The molecule has 4 nitrogen and oxygen atoms in total. The summed E-state index contributed by atoms with van der Waals surface area (Å²) in [5.41, 5.74) is 0. The third-order valence-electron chi connectivity index (χ3n) is 3.07. The molecule has 0 radical (unpaired) electrons. The van der Waals surface area contributed by atoms with E-state index < -0.39 is 10.8 Å². The van der Waals surface area contributed by atoms with E-state index in [1.165, 1.54) is 12.8 Å². The zero-order valence-electron chi connectivity index (χ0n) is 15.2. The number of hydrogen-bond acceptors (Lipinski definition) is 2. The number of hydrogen-bond donors (Lipinski definition) is 2. The van der Waals surface area contributed by atoms with Gasteiger partial charge in [0.25, 0.3) is 0 Å². The smallest absolute Gasteiger partial charge is 0.191 e. The van der Waals surface area contributed by atoms with Crippen LogP contribution in [0, 0.1) is 5.92 Å². The summed E-state index contributed by atoms with van der Waals surface area (Å²) in [5, 5.41) is 6.50. The molecule has 0 saturated heterocycles. The van der Waals surface area contributed by atoms with Crippen LogP contribution in [-0.4, -0.2) is 40.3 Å². The van der Waals surface area contributed by atoms with E-state index in [4.69, 9.17) is 0 Å². The van der Waals surface area contributed by atoms with Crippen LogP contribution >= 0.6 is 24.0 Å². The molecule has 0 amide bonds. The first-order valence-electron chi connectivity index (χ1n) is 8.18. The van der Waals surface area contributed by atoms with Crippen molar-refractivity contribution in [1.29, 1.82) is 0 Å². The fraction of sp³-hybridized carbons (Fsp3) is 0.938. The molecule has 2 N–H and O–H groups in total. The van der Waals surface area contributed by atoms with Gasteiger partial charge in [0.1, 0.15) is 0 Å². The number of halogens is 1. The summed E-state index contributed by atoms with van der Waals surface area (Å²) in [5.74, 6) is 2.27. The van der Waals surface area contributed by atoms with E-state index in [1.807, 2.05) is 20.8 Å². The summed E-state index contributed by atoms with van der Waals surface area (Å²) in [4.78, 5) is 4.56. The molecule has 0 aromatic rings. The van der Waals surface area contributed by atoms with Crippen LogP contribution in [0.4, 0.5) is 0 Å². The molecule has 0 aromatic carbocycles. The highest BCUT2D eigenvalue weighted by Crippen LogP contribution is 2.10. The van der Waals surface area contributed by atoms with Crippen molar-refractivity contribution in [3.05, 3.63) is 0 Å². The monoisotopic (exact) mass is 445 g/mol. The van der Waals surface area contributed by atoms with E-state index in [0.717, 1.165) is 31.4 Å². The average Bonchev–Trinajstić information content (AvgIpc) is 2.36. The number of nitrogens with zero attached hydrogens (tertiary/aromatic N) is 1. The van der Waals surface area contributed by atoms with Gasteiger partial charge >= 0.3 is 0 Å². The first-order valence-corrected chi connectivity index (χ1v) is 9.50. The second-order valence-corrected chi connectivity index (χ2v) is 9.06. The van der Waals surface area contributed by atoms with Crippen LogP contribution in [0.15, 0.2) is 4.99 Å². The van der Waals surface area contributed by atoms with Crippen LogP contribution in [0.2, 0.25) is 0 Å². The molecular weight excluding hydrogens is 409 g/mol. The number of aliphatic imine (C=N–C) groups is 1. The van der Waals surface area contributed by atoms with Gasteiger partial charge in [-0.15, -0.1) is 24.0 Å². The molecule has 22 heavy (non-hydrogen) atoms. The summed E-state index contributed by atoms with van der Waals surface area (Å²) < 4.78 is 11.8. The zero-order chi connectivity index (χ0) is 16.3. The molecule has 0 saturated carbocycles. The predicted octanol–water partition coefficient (Wildman–Crippen LogP) is 3.53. The minimum atomic E-state index is -0.817. The van der Waals surface area contributed by atoms with Crippen LogP contribution in [0.3, 0.4) is 0 Å². The minimum Gasteiger partial charge on any atom is -0.357 e. The maximum atomic E-state index is 12.0. The van der Waals surface area contributed by atoms with Gasteiger partial charge in [-0.2, -0.15) is 0 Å². The average molecular weight is 445 g/mol. The standard InChI is InChI=1S/C16H35N3OS.HI/c1-7-17-15(18-11-9-8-10-14(2)3)19-12-13-21(20)16(4,5)6;/h14H,7-13H2,1-6H3,(H2,17,18,19);1H. The third kappa shape index (κ3) is 13.8. The largest absolute Gasteiger partial charge is 0.357 e. The zero-order valence-corrected chi connectivity index (χ0v) is 18.3. The fourth-order valence-corrected chi connectivity index (χ4v) is 2.67. The van der Waals surface area contributed by atoms with Crippen LogP contribution in [-0.2, 0) is 10.8 Å². The third-order valence-corrected chi connectivity index (χ3v) is 5.01. The molecule has 0 aliphatic heterocycles. The fourth-order valence-electron chi connectivity index (χ4n) is 1.77. The molecule has 1 atom stereocenters. The first-order chi connectivity index (χ1) is 9.77. The van der Waals surface area contributed by atoms with E-state index in [-0.39, 0.29) is 28.7 Å². The van der Waals surface area contributed by atoms with Gasteiger partial charge in [-0.25, -0.2) is 0 Å². The van der Waals surface area contributed by atoms with E-state index >= 15 is 0 Å². The van der Waals surface area contributed by atoms with E-state index in [0.29, 0.717) is 12.3 Å². The highest BCUT2D eigenvalue weighted by Gasteiger charge is 2.18. The normalized spacial score (nSPS) is 13.7. The molecular formula is C16H36IN3OS. The Morgan fingerprint density at radius 2 is 1.82 bits per heavy atom. The molecule has 0 aliphatic rings. The lowest BCUT2D eigenvalue weighted by atomic mass is 10.1. The topological polar surface area (TPSA) is 53.5 Å². The van der Waals surface area contributed by atoms with Crippen molar-refractivity contribution >= 4 is 40.7 Å². The molecule has 0 heterocycles. The second-order valence-electron chi connectivity index (χ2n) is 6.74. The minimum absolute atomic E-state index is 0. The Balaban J connectivity index is 0. The summed E-state index contributed by atoms with van der Waals surface area (Å²) in [6.07, 6.45) is 3.63. The highest BCUT2D eigenvalue weighted by atomic mass is 127.